The second-order valence-corrected chi connectivity index (χ2v) is 4.94. The minimum absolute atomic E-state index is 0.0284. The highest BCUT2D eigenvalue weighted by molar-refractivity contribution is 5.81. The molecule has 0 radical (unpaired) electrons. The minimum atomic E-state index is -0.772. The van der Waals surface area contributed by atoms with Gasteiger partial charge in [-0.3, -0.25) is 9.59 Å². The maximum absolute atomic E-state index is 11.9. The fourth-order valence-corrected chi connectivity index (χ4v) is 2.60. The van der Waals surface area contributed by atoms with Gasteiger partial charge in [-0.25, -0.2) is 0 Å². The molecule has 1 saturated carbocycles. The quantitative estimate of drug-likeness (QED) is 0.765. The summed E-state index contributed by atoms with van der Waals surface area (Å²) >= 11 is 0. The highest BCUT2D eigenvalue weighted by atomic mass is 16.5. The first-order chi connectivity index (χ1) is 8.16. The summed E-state index contributed by atoms with van der Waals surface area (Å²) in [7, 11) is 0. The van der Waals surface area contributed by atoms with Crippen molar-refractivity contribution < 1.29 is 19.4 Å². The van der Waals surface area contributed by atoms with Crippen molar-refractivity contribution in [1.82, 2.24) is 5.32 Å². The predicted octanol–water partition coefficient (Wildman–Crippen LogP) is 0.782. The molecule has 0 bridgehead atoms. The molecule has 2 rings (SSSR count). The Morgan fingerprint density at radius 2 is 1.71 bits per heavy atom. The van der Waals surface area contributed by atoms with Crippen LogP contribution >= 0.6 is 0 Å². The van der Waals surface area contributed by atoms with E-state index in [1.807, 2.05) is 0 Å². The third-order valence-corrected chi connectivity index (χ3v) is 3.72. The average molecular weight is 241 g/mol. The van der Waals surface area contributed by atoms with E-state index in [9.17, 15) is 9.59 Å². The maximum Gasteiger partial charge on any atom is 0.306 e. The molecule has 0 unspecified atom stereocenters. The number of carboxylic acids is 1. The van der Waals surface area contributed by atoms with Gasteiger partial charge in [0.2, 0.25) is 5.91 Å². The number of amides is 1. The van der Waals surface area contributed by atoms with Crippen LogP contribution in [0.2, 0.25) is 0 Å². The van der Waals surface area contributed by atoms with E-state index >= 15 is 0 Å². The van der Waals surface area contributed by atoms with Gasteiger partial charge in [-0.15, -0.1) is 0 Å². The summed E-state index contributed by atoms with van der Waals surface area (Å²) in [5.41, 5.74) is 0. The monoisotopic (exact) mass is 241 g/mol. The lowest BCUT2D eigenvalue weighted by atomic mass is 10.0. The van der Waals surface area contributed by atoms with Crippen molar-refractivity contribution in [1.29, 1.82) is 0 Å². The first-order valence-corrected chi connectivity index (χ1v) is 6.27. The summed E-state index contributed by atoms with van der Waals surface area (Å²) in [6.45, 7) is 1.40. The zero-order valence-corrected chi connectivity index (χ0v) is 9.85. The highest BCUT2D eigenvalue weighted by Crippen LogP contribution is 2.31. The second-order valence-electron chi connectivity index (χ2n) is 4.94. The number of carboxylic acid groups (broad SMARTS) is 1. The van der Waals surface area contributed by atoms with Gasteiger partial charge in [0.05, 0.1) is 5.92 Å². The molecular weight excluding hydrogens is 222 g/mol. The molecule has 1 aliphatic carbocycles. The van der Waals surface area contributed by atoms with Crippen LogP contribution in [0.15, 0.2) is 0 Å². The Balaban J connectivity index is 1.78. The van der Waals surface area contributed by atoms with Crippen molar-refractivity contribution in [2.24, 2.45) is 11.8 Å². The van der Waals surface area contributed by atoms with E-state index < -0.39 is 5.97 Å². The van der Waals surface area contributed by atoms with E-state index in [1.165, 1.54) is 0 Å². The van der Waals surface area contributed by atoms with Crippen LogP contribution in [0, 0.1) is 11.8 Å². The molecule has 1 saturated heterocycles. The lowest BCUT2D eigenvalue weighted by Gasteiger charge is -2.24. The Kier molecular flexibility index (Phi) is 3.99. The zero-order chi connectivity index (χ0) is 12.3. The maximum atomic E-state index is 11.9. The van der Waals surface area contributed by atoms with Crippen molar-refractivity contribution in [2.45, 2.75) is 38.1 Å². The first-order valence-electron chi connectivity index (χ1n) is 6.27. The van der Waals surface area contributed by atoms with E-state index in [2.05, 4.69) is 5.32 Å². The lowest BCUT2D eigenvalue weighted by molar-refractivity contribution is -0.141. The van der Waals surface area contributed by atoms with Crippen LogP contribution in [0.5, 0.6) is 0 Å². The van der Waals surface area contributed by atoms with Crippen molar-refractivity contribution in [3.63, 3.8) is 0 Å². The number of carbonyl (C=O) groups excluding carboxylic acids is 1. The van der Waals surface area contributed by atoms with Gasteiger partial charge in [0, 0.05) is 25.2 Å². The Morgan fingerprint density at radius 3 is 2.29 bits per heavy atom. The van der Waals surface area contributed by atoms with E-state index in [0.717, 1.165) is 12.8 Å². The van der Waals surface area contributed by atoms with Crippen molar-refractivity contribution >= 4 is 11.9 Å². The smallest absolute Gasteiger partial charge is 0.306 e. The van der Waals surface area contributed by atoms with Crippen LogP contribution in [-0.2, 0) is 14.3 Å². The van der Waals surface area contributed by atoms with Gasteiger partial charge in [0.1, 0.15) is 0 Å². The first kappa shape index (κ1) is 12.4. The van der Waals surface area contributed by atoms with Crippen LogP contribution in [0.1, 0.15) is 32.1 Å². The van der Waals surface area contributed by atoms with Gasteiger partial charge in [0.25, 0.3) is 0 Å². The fraction of sp³-hybridized carbons (Fsp3) is 0.833. The summed E-state index contributed by atoms with van der Waals surface area (Å²) in [6, 6.07) is 0.208. The molecule has 0 aromatic carbocycles. The summed E-state index contributed by atoms with van der Waals surface area (Å²) < 4.78 is 5.23. The molecule has 2 aliphatic rings. The number of carbonyl (C=O) groups is 2. The van der Waals surface area contributed by atoms with Crippen molar-refractivity contribution in [2.75, 3.05) is 13.2 Å². The lowest BCUT2D eigenvalue weighted by Crippen LogP contribution is -2.41. The fourth-order valence-electron chi connectivity index (χ4n) is 2.60. The summed E-state index contributed by atoms with van der Waals surface area (Å²) in [6.07, 6.45) is 3.54. The third-order valence-electron chi connectivity index (χ3n) is 3.72. The molecule has 1 aliphatic heterocycles. The Hall–Kier alpha value is -1.10. The van der Waals surface area contributed by atoms with Gasteiger partial charge >= 0.3 is 5.97 Å². The number of nitrogens with one attached hydrogen (secondary N) is 1. The van der Waals surface area contributed by atoms with E-state index in [0.29, 0.717) is 32.5 Å². The van der Waals surface area contributed by atoms with Gasteiger partial charge < -0.3 is 15.2 Å². The Labute approximate surface area is 101 Å². The number of hydrogen-bond donors (Lipinski definition) is 2. The van der Waals surface area contributed by atoms with Crippen LogP contribution in [-0.4, -0.2) is 36.2 Å². The molecule has 0 aromatic heterocycles. The molecule has 0 aromatic rings. The molecule has 2 N–H and O–H groups in total. The van der Waals surface area contributed by atoms with Crippen molar-refractivity contribution in [3.05, 3.63) is 0 Å². The van der Waals surface area contributed by atoms with Crippen LogP contribution in [0.4, 0.5) is 0 Å². The predicted molar refractivity (Wildman–Crippen MR) is 60.5 cm³/mol. The largest absolute Gasteiger partial charge is 0.481 e. The molecule has 2 atom stereocenters. The van der Waals surface area contributed by atoms with Gasteiger partial charge in [-0.05, 0) is 32.1 Å². The molecule has 0 spiro atoms. The molecule has 5 heteroatoms. The number of ether oxygens (including phenoxy) is 1. The number of hydrogen-bond acceptors (Lipinski definition) is 3. The molecule has 1 heterocycles. The SMILES string of the molecule is O=C(O)[C@H]1CC[C@@H](C(=O)NC2CCOCC2)C1. The molecule has 1 amide bonds. The van der Waals surface area contributed by atoms with Crippen LogP contribution < -0.4 is 5.32 Å². The standard InChI is InChI=1S/C12H19NO4/c14-11(13-10-3-5-17-6-4-10)8-1-2-9(7-8)12(15)16/h8-10H,1-7H2,(H,13,14)(H,15,16)/t8-,9+/m1/s1. The molecule has 2 fully saturated rings. The summed E-state index contributed by atoms with van der Waals surface area (Å²) in [5.74, 6) is -1.19. The van der Waals surface area contributed by atoms with E-state index in [4.69, 9.17) is 9.84 Å². The van der Waals surface area contributed by atoms with Crippen LogP contribution in [0.3, 0.4) is 0 Å². The van der Waals surface area contributed by atoms with Gasteiger partial charge in [-0.2, -0.15) is 0 Å². The van der Waals surface area contributed by atoms with E-state index in [1.54, 1.807) is 0 Å². The second kappa shape index (κ2) is 5.49. The zero-order valence-electron chi connectivity index (χ0n) is 9.85. The molecular formula is C12H19NO4. The molecule has 17 heavy (non-hydrogen) atoms. The van der Waals surface area contributed by atoms with Gasteiger partial charge in [0.15, 0.2) is 0 Å². The highest BCUT2D eigenvalue weighted by Gasteiger charge is 2.34. The molecule has 5 nitrogen and oxygen atoms in total. The number of rotatable bonds is 3. The molecule has 96 valence electrons. The minimum Gasteiger partial charge on any atom is -0.481 e. The number of aliphatic carboxylic acids is 1. The summed E-state index contributed by atoms with van der Waals surface area (Å²) in [5, 5.41) is 11.9. The van der Waals surface area contributed by atoms with Crippen LogP contribution in [0.25, 0.3) is 0 Å². The topological polar surface area (TPSA) is 75.6 Å². The Bertz CT molecular complexity index is 299. The van der Waals surface area contributed by atoms with Crippen molar-refractivity contribution in [3.8, 4) is 0 Å². The average Bonchev–Trinajstić information content (AvgIpc) is 2.79. The third kappa shape index (κ3) is 3.19. The summed E-state index contributed by atoms with van der Waals surface area (Å²) in [4.78, 5) is 22.7. The normalized spacial score (nSPS) is 30.1. The van der Waals surface area contributed by atoms with E-state index in [-0.39, 0.29) is 23.8 Å². The van der Waals surface area contributed by atoms with Gasteiger partial charge in [-0.1, -0.05) is 0 Å². The Morgan fingerprint density at radius 1 is 1.06 bits per heavy atom.